The van der Waals surface area contributed by atoms with Crippen LogP contribution in [0.5, 0.6) is 0 Å². The summed E-state index contributed by atoms with van der Waals surface area (Å²) < 4.78 is 37.0. The minimum atomic E-state index is -3.41. The lowest BCUT2D eigenvalue weighted by molar-refractivity contribution is 0.181. The van der Waals surface area contributed by atoms with E-state index in [0.717, 1.165) is 22.7 Å². The summed E-state index contributed by atoms with van der Waals surface area (Å²) in [5.41, 5.74) is 2.58. The first-order chi connectivity index (χ1) is 13.9. The molecule has 0 aliphatic rings. The molecule has 0 aliphatic carbocycles. The Hall–Kier alpha value is -2.49. The van der Waals surface area contributed by atoms with Gasteiger partial charge in [-0.05, 0) is 7.05 Å². The number of nitrogens with zero attached hydrogens (tertiary/aromatic N) is 4. The molecule has 2 aromatic heterocycles. The zero-order chi connectivity index (χ0) is 20.9. The molecule has 0 N–H and O–H groups in total. The number of hydrogen-bond donors (Lipinski definition) is 0. The van der Waals surface area contributed by atoms with Crippen LogP contribution in [0.1, 0.15) is 18.3 Å². The largest absolute Gasteiger partial charge is 0.383 e. The van der Waals surface area contributed by atoms with Gasteiger partial charge < -0.3 is 13.8 Å². The average molecular weight is 419 g/mol. The highest BCUT2D eigenvalue weighted by atomic mass is 32.2. The number of aromatic nitrogens is 3. The van der Waals surface area contributed by atoms with Gasteiger partial charge in [0, 0.05) is 38.4 Å². The summed E-state index contributed by atoms with van der Waals surface area (Å²) in [6.45, 7) is 3.52. The topological polar surface area (TPSA) is 90.5 Å². The second kappa shape index (κ2) is 9.34. The molecule has 156 valence electrons. The van der Waals surface area contributed by atoms with Crippen LogP contribution in [0.4, 0.5) is 0 Å². The molecule has 29 heavy (non-hydrogen) atoms. The molecule has 8 nitrogen and oxygen atoms in total. The van der Waals surface area contributed by atoms with Crippen molar-refractivity contribution in [1.82, 2.24) is 19.6 Å². The van der Waals surface area contributed by atoms with Crippen LogP contribution >= 0.6 is 0 Å². The highest BCUT2D eigenvalue weighted by molar-refractivity contribution is 7.91. The molecule has 0 aliphatic heterocycles. The van der Waals surface area contributed by atoms with Crippen LogP contribution < -0.4 is 0 Å². The zero-order valence-electron chi connectivity index (χ0n) is 16.9. The standard InChI is InChI=1S/C20H26N4O4S/c1-4-29(25,26)20-21-13-18(24(20)10-11-27-3)15-23(2)14-17-12-19(28-22-17)16-8-6-5-7-9-16/h5-9,12-13H,4,10-11,14-15H2,1-3H3. The zero-order valence-corrected chi connectivity index (χ0v) is 17.7. The summed E-state index contributed by atoms with van der Waals surface area (Å²) in [6.07, 6.45) is 1.62. The van der Waals surface area contributed by atoms with Crippen molar-refractivity contribution in [2.75, 3.05) is 26.5 Å². The molecule has 0 atom stereocenters. The van der Waals surface area contributed by atoms with Gasteiger partial charge in [0.15, 0.2) is 5.76 Å². The molecular formula is C20H26N4O4S. The highest BCUT2D eigenvalue weighted by Crippen LogP contribution is 2.21. The summed E-state index contributed by atoms with van der Waals surface area (Å²) in [6, 6.07) is 11.7. The maximum absolute atomic E-state index is 12.4. The highest BCUT2D eigenvalue weighted by Gasteiger charge is 2.22. The molecule has 0 bridgehead atoms. The predicted octanol–water partition coefficient (Wildman–Crippen LogP) is 2.61. The fourth-order valence-corrected chi connectivity index (χ4v) is 4.07. The maximum Gasteiger partial charge on any atom is 0.227 e. The van der Waals surface area contributed by atoms with Crippen LogP contribution in [0.15, 0.2) is 52.3 Å². The summed E-state index contributed by atoms with van der Waals surface area (Å²) in [5.74, 6) is 0.725. The van der Waals surface area contributed by atoms with E-state index >= 15 is 0 Å². The minimum Gasteiger partial charge on any atom is -0.383 e. The lowest BCUT2D eigenvalue weighted by Crippen LogP contribution is -2.22. The van der Waals surface area contributed by atoms with E-state index in [2.05, 4.69) is 10.1 Å². The normalized spacial score (nSPS) is 12.0. The summed E-state index contributed by atoms with van der Waals surface area (Å²) in [7, 11) is 0.122. The van der Waals surface area contributed by atoms with Crippen LogP contribution in [0.2, 0.25) is 0 Å². The van der Waals surface area contributed by atoms with Gasteiger partial charge in [0.25, 0.3) is 0 Å². The van der Waals surface area contributed by atoms with Crippen molar-refractivity contribution in [2.45, 2.75) is 31.7 Å². The number of imidazole rings is 1. The Labute approximate surface area is 171 Å². The number of ether oxygens (including phenoxy) is 1. The molecule has 0 fully saturated rings. The van der Waals surface area contributed by atoms with Gasteiger partial charge in [-0.15, -0.1) is 0 Å². The van der Waals surface area contributed by atoms with Gasteiger partial charge in [-0.25, -0.2) is 13.4 Å². The van der Waals surface area contributed by atoms with Gasteiger partial charge in [0.2, 0.25) is 15.0 Å². The van der Waals surface area contributed by atoms with Crippen LogP contribution in [0.25, 0.3) is 11.3 Å². The Morgan fingerprint density at radius 1 is 1.21 bits per heavy atom. The molecule has 0 unspecified atom stereocenters. The Kier molecular flexibility index (Phi) is 6.83. The summed E-state index contributed by atoms with van der Waals surface area (Å²) in [4.78, 5) is 6.21. The van der Waals surface area contributed by atoms with E-state index in [0.29, 0.717) is 26.2 Å². The van der Waals surface area contributed by atoms with Gasteiger partial charge >= 0.3 is 0 Å². The van der Waals surface area contributed by atoms with Gasteiger partial charge in [-0.1, -0.05) is 42.4 Å². The first-order valence-corrected chi connectivity index (χ1v) is 11.1. The second-order valence-corrected chi connectivity index (χ2v) is 8.97. The van der Waals surface area contributed by atoms with E-state index in [9.17, 15) is 8.42 Å². The van der Waals surface area contributed by atoms with Gasteiger partial charge in [0.1, 0.15) is 0 Å². The molecule has 3 aromatic rings. The molecule has 0 spiro atoms. The number of hydrogen-bond acceptors (Lipinski definition) is 7. The fraction of sp³-hybridized carbons (Fsp3) is 0.400. The first kappa shape index (κ1) is 21.2. The first-order valence-electron chi connectivity index (χ1n) is 9.40. The second-order valence-electron chi connectivity index (χ2n) is 6.80. The molecule has 0 radical (unpaired) electrons. The number of methoxy groups -OCH3 is 1. The van der Waals surface area contributed by atoms with Crippen molar-refractivity contribution in [3.05, 3.63) is 54.0 Å². The Bertz CT molecular complexity index is 1030. The van der Waals surface area contributed by atoms with E-state index in [1.165, 1.54) is 0 Å². The number of sulfone groups is 1. The minimum absolute atomic E-state index is 0.00742. The molecule has 2 heterocycles. The molecular weight excluding hydrogens is 392 g/mol. The molecule has 0 saturated heterocycles. The third-order valence-corrected chi connectivity index (χ3v) is 6.20. The fourth-order valence-electron chi connectivity index (χ4n) is 3.05. The maximum atomic E-state index is 12.4. The third-order valence-electron chi connectivity index (χ3n) is 4.56. The van der Waals surface area contributed by atoms with Gasteiger partial charge in [-0.2, -0.15) is 0 Å². The SMILES string of the molecule is CCS(=O)(=O)c1ncc(CN(C)Cc2cc(-c3ccccc3)on2)n1CCOC. The third kappa shape index (κ3) is 5.11. The van der Waals surface area contributed by atoms with Crippen LogP contribution in [-0.2, 0) is 34.2 Å². The van der Waals surface area contributed by atoms with Crippen molar-refractivity contribution in [2.24, 2.45) is 0 Å². The quantitative estimate of drug-likeness (QED) is 0.500. The average Bonchev–Trinajstić information content (AvgIpc) is 3.34. The monoisotopic (exact) mass is 418 g/mol. The molecule has 3 rings (SSSR count). The lowest BCUT2D eigenvalue weighted by Gasteiger charge is -2.17. The molecule has 9 heteroatoms. The molecule has 0 saturated carbocycles. The van der Waals surface area contributed by atoms with Crippen LogP contribution in [0, 0.1) is 0 Å². The van der Waals surface area contributed by atoms with Crippen molar-refractivity contribution < 1.29 is 17.7 Å². The van der Waals surface area contributed by atoms with Crippen molar-refractivity contribution in [3.63, 3.8) is 0 Å². The molecule has 1 aromatic carbocycles. The Morgan fingerprint density at radius 3 is 2.66 bits per heavy atom. The summed E-state index contributed by atoms with van der Waals surface area (Å²) >= 11 is 0. The number of rotatable bonds is 10. The Morgan fingerprint density at radius 2 is 1.97 bits per heavy atom. The van der Waals surface area contributed by atoms with Crippen molar-refractivity contribution in [3.8, 4) is 11.3 Å². The van der Waals surface area contributed by atoms with E-state index < -0.39 is 9.84 Å². The van der Waals surface area contributed by atoms with E-state index in [1.54, 1.807) is 24.8 Å². The lowest BCUT2D eigenvalue weighted by atomic mass is 10.1. The molecule has 0 amide bonds. The van der Waals surface area contributed by atoms with Crippen molar-refractivity contribution in [1.29, 1.82) is 0 Å². The van der Waals surface area contributed by atoms with Gasteiger partial charge in [-0.3, -0.25) is 4.90 Å². The number of benzene rings is 1. The smallest absolute Gasteiger partial charge is 0.227 e. The summed E-state index contributed by atoms with van der Waals surface area (Å²) in [5, 5.41) is 4.24. The van der Waals surface area contributed by atoms with E-state index in [4.69, 9.17) is 9.26 Å². The van der Waals surface area contributed by atoms with Crippen LogP contribution in [-0.4, -0.2) is 54.5 Å². The van der Waals surface area contributed by atoms with Crippen molar-refractivity contribution >= 4 is 9.84 Å². The Balaban J connectivity index is 1.74. The predicted molar refractivity (Wildman–Crippen MR) is 109 cm³/mol. The van der Waals surface area contributed by atoms with Gasteiger partial charge in [0.05, 0.1) is 29.9 Å². The van der Waals surface area contributed by atoms with E-state index in [1.807, 2.05) is 48.3 Å². The van der Waals surface area contributed by atoms with Crippen LogP contribution in [0.3, 0.4) is 0 Å². The van der Waals surface area contributed by atoms with E-state index in [-0.39, 0.29) is 10.9 Å².